The standard InChI is InChI=1S/C5H7NO2/c1-4(3-6)5(7)8-2/h4H,1-2H3/t4-/m0/s1. The summed E-state index contributed by atoms with van der Waals surface area (Å²) in [6, 6.07) is 1.74. The van der Waals surface area contributed by atoms with Gasteiger partial charge in [0.05, 0.1) is 13.2 Å². The maximum absolute atomic E-state index is 10.3. The average Bonchev–Trinajstić information content (AvgIpc) is 1.84. The summed E-state index contributed by atoms with van der Waals surface area (Å²) in [5.41, 5.74) is 0. The Balaban J connectivity index is 3.68. The summed E-state index contributed by atoms with van der Waals surface area (Å²) in [6.07, 6.45) is 0. The number of ether oxygens (including phenoxy) is 1. The molecule has 0 bridgehead atoms. The first kappa shape index (κ1) is 6.96. The van der Waals surface area contributed by atoms with Crippen molar-refractivity contribution in [3.63, 3.8) is 0 Å². The molecule has 8 heavy (non-hydrogen) atoms. The quantitative estimate of drug-likeness (QED) is 0.460. The molecule has 0 aromatic heterocycles. The number of methoxy groups -OCH3 is 1. The van der Waals surface area contributed by atoms with E-state index in [1.165, 1.54) is 14.0 Å². The van der Waals surface area contributed by atoms with Gasteiger partial charge in [0.25, 0.3) is 0 Å². The van der Waals surface area contributed by atoms with E-state index in [4.69, 9.17) is 5.26 Å². The number of rotatable bonds is 1. The average molecular weight is 113 g/mol. The van der Waals surface area contributed by atoms with E-state index in [0.29, 0.717) is 0 Å². The van der Waals surface area contributed by atoms with Crippen LogP contribution in [0.1, 0.15) is 6.92 Å². The lowest BCUT2D eigenvalue weighted by molar-refractivity contribution is -0.142. The number of hydrogen-bond acceptors (Lipinski definition) is 3. The zero-order valence-electron chi connectivity index (χ0n) is 4.84. The van der Waals surface area contributed by atoms with Crippen LogP contribution in [0.2, 0.25) is 0 Å². The summed E-state index contributed by atoms with van der Waals surface area (Å²) in [7, 11) is 1.26. The van der Waals surface area contributed by atoms with Gasteiger partial charge in [0.15, 0.2) is 0 Å². The minimum Gasteiger partial charge on any atom is -0.468 e. The summed E-state index contributed by atoms with van der Waals surface area (Å²) >= 11 is 0. The fraction of sp³-hybridized carbons (Fsp3) is 0.600. The predicted molar refractivity (Wildman–Crippen MR) is 26.8 cm³/mol. The summed E-state index contributed by atoms with van der Waals surface area (Å²) in [6.45, 7) is 1.49. The highest BCUT2D eigenvalue weighted by Gasteiger charge is 2.09. The molecule has 0 aliphatic rings. The van der Waals surface area contributed by atoms with Gasteiger partial charge in [0.2, 0.25) is 0 Å². The van der Waals surface area contributed by atoms with E-state index in [2.05, 4.69) is 4.74 Å². The molecule has 0 aliphatic heterocycles. The predicted octanol–water partition coefficient (Wildman–Crippen LogP) is 0.319. The monoisotopic (exact) mass is 113 g/mol. The highest BCUT2D eigenvalue weighted by atomic mass is 16.5. The van der Waals surface area contributed by atoms with E-state index >= 15 is 0 Å². The van der Waals surface area contributed by atoms with Crippen LogP contribution in [-0.4, -0.2) is 13.1 Å². The lowest BCUT2D eigenvalue weighted by Gasteiger charge is -1.95. The summed E-state index contributed by atoms with van der Waals surface area (Å²) in [5, 5.41) is 8.09. The minimum atomic E-state index is -0.639. The lowest BCUT2D eigenvalue weighted by atomic mass is 10.2. The third-order valence-electron chi connectivity index (χ3n) is 0.748. The van der Waals surface area contributed by atoms with Gasteiger partial charge < -0.3 is 4.74 Å². The summed E-state index contributed by atoms with van der Waals surface area (Å²) in [4.78, 5) is 10.3. The molecule has 44 valence electrons. The topological polar surface area (TPSA) is 50.1 Å². The van der Waals surface area contributed by atoms with Crippen molar-refractivity contribution in [3.05, 3.63) is 0 Å². The van der Waals surface area contributed by atoms with Gasteiger partial charge in [-0.05, 0) is 6.92 Å². The first-order valence-corrected chi connectivity index (χ1v) is 2.19. The number of nitrogens with zero attached hydrogens (tertiary/aromatic N) is 1. The van der Waals surface area contributed by atoms with Crippen molar-refractivity contribution in [2.45, 2.75) is 6.92 Å². The number of carbonyl (C=O) groups excluding carboxylic acids is 1. The Morgan fingerprint density at radius 2 is 2.38 bits per heavy atom. The van der Waals surface area contributed by atoms with E-state index in [1.54, 1.807) is 6.07 Å². The van der Waals surface area contributed by atoms with Crippen molar-refractivity contribution in [3.8, 4) is 6.07 Å². The number of hydrogen-bond donors (Lipinski definition) is 0. The van der Waals surface area contributed by atoms with Crippen LogP contribution < -0.4 is 0 Å². The second-order valence-corrected chi connectivity index (χ2v) is 1.37. The number of nitriles is 1. The smallest absolute Gasteiger partial charge is 0.322 e. The van der Waals surface area contributed by atoms with Crippen LogP contribution in [-0.2, 0) is 9.53 Å². The minimum absolute atomic E-state index is 0.479. The first-order chi connectivity index (χ1) is 3.72. The maximum atomic E-state index is 10.3. The first-order valence-electron chi connectivity index (χ1n) is 2.19. The Hall–Kier alpha value is -1.04. The molecule has 0 rings (SSSR count). The molecule has 0 aliphatic carbocycles. The molecule has 0 unspecified atom stereocenters. The Labute approximate surface area is 47.9 Å². The Morgan fingerprint density at radius 3 is 2.50 bits per heavy atom. The van der Waals surface area contributed by atoms with Crippen molar-refractivity contribution >= 4 is 5.97 Å². The van der Waals surface area contributed by atoms with Crippen molar-refractivity contribution in [1.82, 2.24) is 0 Å². The van der Waals surface area contributed by atoms with Gasteiger partial charge in [0.1, 0.15) is 5.92 Å². The van der Waals surface area contributed by atoms with Gasteiger partial charge in [-0.2, -0.15) is 5.26 Å². The van der Waals surface area contributed by atoms with Crippen LogP contribution in [0.15, 0.2) is 0 Å². The highest BCUT2D eigenvalue weighted by molar-refractivity contribution is 5.74. The van der Waals surface area contributed by atoms with E-state index in [9.17, 15) is 4.79 Å². The van der Waals surface area contributed by atoms with E-state index in [1.807, 2.05) is 0 Å². The molecular formula is C5H7NO2. The molecule has 0 heterocycles. The maximum Gasteiger partial charge on any atom is 0.322 e. The van der Waals surface area contributed by atoms with E-state index < -0.39 is 11.9 Å². The van der Waals surface area contributed by atoms with Gasteiger partial charge in [-0.15, -0.1) is 0 Å². The van der Waals surface area contributed by atoms with Gasteiger partial charge in [0, 0.05) is 0 Å². The van der Waals surface area contributed by atoms with Gasteiger partial charge in [-0.3, -0.25) is 4.79 Å². The molecule has 0 amide bonds. The van der Waals surface area contributed by atoms with Gasteiger partial charge >= 0.3 is 5.97 Å². The van der Waals surface area contributed by atoms with E-state index in [0.717, 1.165) is 0 Å². The van der Waals surface area contributed by atoms with Crippen LogP contribution in [0.4, 0.5) is 0 Å². The third kappa shape index (κ3) is 1.61. The molecule has 0 spiro atoms. The van der Waals surface area contributed by atoms with Crippen molar-refractivity contribution in [2.24, 2.45) is 5.92 Å². The SMILES string of the molecule is COC(=O)[C@@H](C)C#N. The zero-order valence-corrected chi connectivity index (χ0v) is 4.84. The molecule has 0 saturated carbocycles. The molecule has 3 heteroatoms. The second-order valence-electron chi connectivity index (χ2n) is 1.37. The van der Waals surface area contributed by atoms with Gasteiger partial charge in [-0.1, -0.05) is 0 Å². The van der Waals surface area contributed by atoms with Crippen LogP contribution in [0.5, 0.6) is 0 Å². The molecular weight excluding hydrogens is 106 g/mol. The fourth-order valence-electron chi connectivity index (χ4n) is 0.229. The lowest BCUT2D eigenvalue weighted by Crippen LogP contribution is -2.09. The van der Waals surface area contributed by atoms with Gasteiger partial charge in [-0.25, -0.2) is 0 Å². The Morgan fingerprint density at radius 1 is 1.88 bits per heavy atom. The number of esters is 1. The third-order valence-corrected chi connectivity index (χ3v) is 0.748. The second kappa shape index (κ2) is 3.03. The normalized spacial score (nSPS) is 11.6. The zero-order chi connectivity index (χ0) is 6.57. The molecule has 0 radical (unpaired) electrons. The molecule has 0 saturated heterocycles. The van der Waals surface area contributed by atoms with Crippen molar-refractivity contribution in [1.29, 1.82) is 5.26 Å². The fourth-order valence-corrected chi connectivity index (χ4v) is 0.229. The Bertz CT molecular complexity index is 125. The van der Waals surface area contributed by atoms with Crippen LogP contribution >= 0.6 is 0 Å². The summed E-state index contributed by atoms with van der Waals surface area (Å²) < 4.78 is 4.24. The van der Waals surface area contributed by atoms with Crippen LogP contribution in [0.3, 0.4) is 0 Å². The molecule has 0 N–H and O–H groups in total. The molecule has 3 nitrogen and oxygen atoms in total. The van der Waals surface area contributed by atoms with E-state index in [-0.39, 0.29) is 0 Å². The Kier molecular flexibility index (Phi) is 2.63. The molecule has 0 aromatic carbocycles. The van der Waals surface area contributed by atoms with Crippen molar-refractivity contribution < 1.29 is 9.53 Å². The molecule has 1 atom stereocenters. The highest BCUT2D eigenvalue weighted by Crippen LogP contribution is 1.92. The van der Waals surface area contributed by atoms with Crippen molar-refractivity contribution in [2.75, 3.05) is 7.11 Å². The summed E-state index contributed by atoms with van der Waals surface area (Å²) in [5.74, 6) is -1.12. The molecule has 0 aromatic rings. The largest absolute Gasteiger partial charge is 0.468 e. The van der Waals surface area contributed by atoms with Crippen LogP contribution in [0, 0.1) is 17.2 Å². The number of carbonyl (C=O) groups is 1. The molecule has 0 fully saturated rings. The van der Waals surface area contributed by atoms with Crippen LogP contribution in [0.25, 0.3) is 0 Å².